The monoisotopic (exact) mass is 361 g/mol. The highest BCUT2D eigenvalue weighted by molar-refractivity contribution is 5.87. The van der Waals surface area contributed by atoms with Gasteiger partial charge in [0.15, 0.2) is 11.5 Å². The lowest BCUT2D eigenvalue weighted by Gasteiger charge is -2.02. The van der Waals surface area contributed by atoms with Gasteiger partial charge in [-0.2, -0.15) is 0 Å². The molecule has 27 heavy (non-hydrogen) atoms. The second kappa shape index (κ2) is 8.43. The first kappa shape index (κ1) is 17.9. The van der Waals surface area contributed by atoms with Crippen LogP contribution in [0.5, 0.6) is 0 Å². The summed E-state index contributed by atoms with van der Waals surface area (Å²) in [6, 6.07) is 18.6. The average molecular weight is 361 g/mol. The van der Waals surface area contributed by atoms with Crippen molar-refractivity contribution in [1.29, 1.82) is 0 Å². The number of aromatic nitrogens is 4. The van der Waals surface area contributed by atoms with Crippen molar-refractivity contribution in [1.82, 2.24) is 19.9 Å². The molecule has 2 heterocycles. The summed E-state index contributed by atoms with van der Waals surface area (Å²) in [5.74, 6) is 1.13. The maximum absolute atomic E-state index is 10.3. The maximum atomic E-state index is 10.3. The molecule has 0 saturated carbocycles. The Hall–Kier alpha value is -3.94. The van der Waals surface area contributed by atoms with Crippen LogP contribution in [-0.2, 0) is 6.42 Å². The predicted molar refractivity (Wildman–Crippen MR) is 105 cm³/mol. The van der Waals surface area contributed by atoms with E-state index in [4.69, 9.17) is 11.5 Å². The number of amides is 2. The van der Waals surface area contributed by atoms with Gasteiger partial charge in [-0.25, -0.2) is 19.7 Å². The molecule has 136 valence electrons. The topological polar surface area (TPSA) is 136 Å². The Labute approximate surface area is 155 Å². The number of nitrogens with two attached hydrogens (primary N) is 2. The summed E-state index contributed by atoms with van der Waals surface area (Å²) in [5.41, 5.74) is 13.9. The number of primary amides is 1. The van der Waals surface area contributed by atoms with E-state index in [1.54, 1.807) is 18.5 Å². The zero-order valence-electron chi connectivity index (χ0n) is 14.5. The zero-order valence-corrected chi connectivity index (χ0v) is 14.5. The summed E-state index contributed by atoms with van der Waals surface area (Å²) in [7, 11) is 0. The molecule has 0 saturated heterocycles. The van der Waals surface area contributed by atoms with Crippen molar-refractivity contribution in [2.75, 3.05) is 11.1 Å². The van der Waals surface area contributed by atoms with Crippen LogP contribution in [0.1, 0.15) is 11.4 Å². The van der Waals surface area contributed by atoms with Crippen LogP contribution >= 0.6 is 0 Å². The van der Waals surface area contributed by atoms with Crippen molar-refractivity contribution in [3.05, 3.63) is 78.4 Å². The van der Waals surface area contributed by atoms with Crippen LogP contribution in [0.2, 0.25) is 0 Å². The van der Waals surface area contributed by atoms with Gasteiger partial charge in [-0.05, 0) is 17.7 Å². The summed E-state index contributed by atoms with van der Waals surface area (Å²) in [4.78, 5) is 25.9. The number of para-hydroxylation sites is 1. The highest BCUT2D eigenvalue weighted by atomic mass is 16.2. The van der Waals surface area contributed by atoms with Crippen molar-refractivity contribution in [2.24, 2.45) is 5.73 Å². The number of nitrogen functional groups attached to an aromatic ring is 1. The molecule has 0 radical (unpaired) electrons. The summed E-state index contributed by atoms with van der Waals surface area (Å²) < 4.78 is 0. The molecule has 8 nitrogen and oxygen atoms in total. The third kappa shape index (κ3) is 5.02. The molecule has 0 bridgehead atoms. The quantitative estimate of drug-likeness (QED) is 0.445. The number of fused-ring (bicyclic) bond motifs is 1. The number of aromatic amines is 1. The van der Waals surface area contributed by atoms with Gasteiger partial charge in [-0.3, -0.25) is 0 Å². The summed E-state index contributed by atoms with van der Waals surface area (Å²) in [5, 5.41) is 2.44. The van der Waals surface area contributed by atoms with Crippen LogP contribution in [0.15, 0.2) is 67.0 Å². The van der Waals surface area contributed by atoms with Gasteiger partial charge in [0.2, 0.25) is 0 Å². The molecule has 2 aromatic heterocycles. The number of carbonyl (C=O) groups is 1. The summed E-state index contributed by atoms with van der Waals surface area (Å²) in [6.45, 7) is 0. The molecule has 0 fully saturated rings. The van der Waals surface area contributed by atoms with Crippen molar-refractivity contribution in [2.45, 2.75) is 6.42 Å². The minimum absolute atomic E-state index is 0.443. The van der Waals surface area contributed by atoms with E-state index < -0.39 is 6.03 Å². The van der Waals surface area contributed by atoms with Gasteiger partial charge < -0.3 is 21.8 Å². The smallest absolute Gasteiger partial charge is 0.316 e. The number of nitrogens with zero attached hydrogens (tertiary/aromatic N) is 3. The van der Waals surface area contributed by atoms with E-state index >= 15 is 0 Å². The maximum Gasteiger partial charge on any atom is 0.316 e. The van der Waals surface area contributed by atoms with Crippen LogP contribution in [-0.4, -0.2) is 26.0 Å². The van der Waals surface area contributed by atoms with Gasteiger partial charge in [0, 0.05) is 12.1 Å². The molecule has 0 unspecified atom stereocenters. The molecule has 2 amide bonds. The second-order valence-electron chi connectivity index (χ2n) is 5.64. The number of benzene rings is 2. The summed E-state index contributed by atoms with van der Waals surface area (Å²) >= 11 is 0. The van der Waals surface area contributed by atoms with Crippen molar-refractivity contribution >= 4 is 28.7 Å². The van der Waals surface area contributed by atoms with E-state index in [0.717, 1.165) is 11.3 Å². The van der Waals surface area contributed by atoms with Gasteiger partial charge in [0.05, 0.1) is 6.33 Å². The lowest BCUT2D eigenvalue weighted by molar-refractivity contribution is 0.259. The van der Waals surface area contributed by atoms with Gasteiger partial charge >= 0.3 is 6.03 Å². The van der Waals surface area contributed by atoms with Crippen LogP contribution in [0, 0.1) is 0 Å². The molecule has 8 heteroatoms. The van der Waals surface area contributed by atoms with Crippen LogP contribution in [0.25, 0.3) is 11.2 Å². The average Bonchev–Trinajstić information content (AvgIpc) is 3.13. The Kier molecular flexibility index (Phi) is 5.58. The second-order valence-corrected chi connectivity index (χ2v) is 5.64. The zero-order chi connectivity index (χ0) is 19.1. The molecule has 0 atom stereocenters. The SMILES string of the molecule is NC(=O)Nc1ccccc1.Nc1nc(Cc2ccccc2)nc2nc[nH]c12. The fourth-order valence-electron chi connectivity index (χ4n) is 2.42. The van der Waals surface area contributed by atoms with Gasteiger partial charge in [0.25, 0.3) is 0 Å². The fraction of sp³-hybridized carbons (Fsp3) is 0.0526. The van der Waals surface area contributed by atoms with Crippen molar-refractivity contribution in [3.8, 4) is 0 Å². The van der Waals surface area contributed by atoms with Crippen molar-refractivity contribution < 1.29 is 4.79 Å². The number of hydrogen-bond donors (Lipinski definition) is 4. The van der Waals surface area contributed by atoms with E-state index in [1.807, 2.05) is 48.5 Å². The Balaban J connectivity index is 0.000000180. The number of urea groups is 1. The Morgan fingerprint density at radius 1 is 1.00 bits per heavy atom. The van der Waals surface area contributed by atoms with E-state index in [1.165, 1.54) is 0 Å². The number of rotatable bonds is 3. The van der Waals surface area contributed by atoms with Crippen LogP contribution in [0.4, 0.5) is 16.3 Å². The molecule has 4 aromatic rings. The molecule has 0 aliphatic heterocycles. The number of anilines is 2. The van der Waals surface area contributed by atoms with Crippen LogP contribution < -0.4 is 16.8 Å². The minimum Gasteiger partial charge on any atom is -0.382 e. The Bertz CT molecular complexity index is 1020. The van der Waals surface area contributed by atoms with E-state index in [-0.39, 0.29) is 0 Å². The highest BCUT2D eigenvalue weighted by Gasteiger charge is 2.07. The number of carbonyl (C=O) groups excluding carboxylic acids is 1. The Morgan fingerprint density at radius 2 is 1.67 bits per heavy atom. The van der Waals surface area contributed by atoms with E-state index in [2.05, 4.69) is 25.3 Å². The predicted octanol–water partition coefficient (Wildman–Crippen LogP) is 2.70. The normalized spacial score (nSPS) is 10.1. The standard InChI is InChI=1S/C12H11N5.C7H8N2O/c13-11-10-12(15-7-14-10)17-9(16-11)6-8-4-2-1-3-5-8;8-7(10)9-6-4-2-1-3-5-6/h1-5,7H,6H2,(H3,13,14,15,16,17);1-5H,(H3,8,9,10). The van der Waals surface area contributed by atoms with E-state index in [0.29, 0.717) is 29.2 Å². The summed E-state index contributed by atoms with van der Waals surface area (Å²) in [6.07, 6.45) is 2.23. The molecular formula is C19H19N7O. The van der Waals surface area contributed by atoms with Gasteiger partial charge in [0.1, 0.15) is 11.3 Å². The molecule has 0 spiro atoms. The van der Waals surface area contributed by atoms with E-state index in [9.17, 15) is 4.79 Å². The largest absolute Gasteiger partial charge is 0.382 e. The van der Waals surface area contributed by atoms with Crippen molar-refractivity contribution in [3.63, 3.8) is 0 Å². The highest BCUT2D eigenvalue weighted by Crippen LogP contribution is 2.14. The number of nitrogens with one attached hydrogen (secondary N) is 2. The fourth-order valence-corrected chi connectivity index (χ4v) is 2.42. The molecule has 0 aliphatic carbocycles. The first-order valence-electron chi connectivity index (χ1n) is 8.22. The first-order valence-corrected chi connectivity index (χ1v) is 8.22. The third-order valence-electron chi connectivity index (χ3n) is 3.61. The van der Waals surface area contributed by atoms with Gasteiger partial charge in [-0.15, -0.1) is 0 Å². The molecule has 4 rings (SSSR count). The minimum atomic E-state index is -0.536. The molecule has 2 aromatic carbocycles. The lowest BCUT2D eigenvalue weighted by atomic mass is 10.1. The lowest BCUT2D eigenvalue weighted by Crippen LogP contribution is -2.18. The molecular weight excluding hydrogens is 342 g/mol. The Morgan fingerprint density at radius 3 is 2.33 bits per heavy atom. The number of H-pyrrole nitrogens is 1. The first-order chi connectivity index (χ1) is 13.1. The third-order valence-corrected chi connectivity index (χ3v) is 3.61. The number of imidazole rings is 1. The van der Waals surface area contributed by atoms with Gasteiger partial charge in [-0.1, -0.05) is 48.5 Å². The number of hydrogen-bond acceptors (Lipinski definition) is 5. The molecule has 0 aliphatic rings. The molecule has 6 N–H and O–H groups in total. The van der Waals surface area contributed by atoms with Crippen LogP contribution in [0.3, 0.4) is 0 Å².